The van der Waals surface area contributed by atoms with Gasteiger partial charge >= 0.3 is 5.63 Å². The zero-order valence-electron chi connectivity index (χ0n) is 14.9. The van der Waals surface area contributed by atoms with Crippen molar-refractivity contribution in [1.82, 2.24) is 4.98 Å². The van der Waals surface area contributed by atoms with E-state index in [1.54, 1.807) is 13.0 Å². The summed E-state index contributed by atoms with van der Waals surface area (Å²) in [6, 6.07) is 6.70. The summed E-state index contributed by atoms with van der Waals surface area (Å²) in [7, 11) is 0. The first-order valence-electron chi connectivity index (χ1n) is 8.39. The van der Waals surface area contributed by atoms with Gasteiger partial charge in [-0.2, -0.15) is 0 Å². The number of nitrogens with zero attached hydrogens (tertiary/aromatic N) is 1. The van der Waals surface area contributed by atoms with Crippen LogP contribution >= 0.6 is 0 Å². The normalized spacial score (nSPS) is 12.3. The lowest BCUT2D eigenvalue weighted by atomic mass is 9.95. The highest BCUT2D eigenvalue weighted by Gasteiger charge is 2.22. The summed E-state index contributed by atoms with van der Waals surface area (Å²) in [5.41, 5.74) is 7.03. The van der Waals surface area contributed by atoms with Gasteiger partial charge in [0, 0.05) is 18.4 Å². The van der Waals surface area contributed by atoms with Crippen LogP contribution in [0.4, 0.5) is 8.78 Å². The van der Waals surface area contributed by atoms with Gasteiger partial charge < -0.3 is 10.2 Å². The number of hydrogen-bond donors (Lipinski definition) is 1. The third-order valence-electron chi connectivity index (χ3n) is 4.41. The molecule has 5 nitrogen and oxygen atoms in total. The molecule has 7 heteroatoms. The Morgan fingerprint density at radius 3 is 2.41 bits per heavy atom. The number of rotatable bonds is 5. The Labute approximate surface area is 153 Å². The summed E-state index contributed by atoms with van der Waals surface area (Å²) in [5, 5.41) is 0.369. The quantitative estimate of drug-likeness (QED) is 0.745. The maximum Gasteiger partial charge on any atom is 0.347 e. The van der Waals surface area contributed by atoms with Crippen LogP contribution in [0, 0.1) is 25.5 Å². The minimum Gasteiger partial charge on any atom is -0.408 e. The predicted molar refractivity (Wildman–Crippen MR) is 96.4 cm³/mol. The van der Waals surface area contributed by atoms with E-state index in [1.807, 2.05) is 13.0 Å². The summed E-state index contributed by atoms with van der Waals surface area (Å²) in [6.45, 7) is 3.58. The molecule has 2 aromatic carbocycles. The monoisotopic (exact) mass is 372 g/mol. The fourth-order valence-electron chi connectivity index (χ4n) is 3.15. The molecule has 1 heterocycles. The number of carbonyl (C=O) groups excluding carboxylic acids is 1. The van der Waals surface area contributed by atoms with Crippen molar-refractivity contribution in [3.63, 3.8) is 0 Å². The molecule has 27 heavy (non-hydrogen) atoms. The molecule has 0 fully saturated rings. The molecular formula is C20H18F2N2O3. The molecule has 0 aliphatic carbocycles. The van der Waals surface area contributed by atoms with E-state index >= 15 is 0 Å². The standard InChI is InChI=1S/C20H18F2N2O3/c1-10-3-4-11(2)18-17(10)20(26)27-19(24-18)13(8-16(23)25)5-12-6-14(21)9-15(22)7-12/h3-4,6-7,9,13H,5,8H2,1-2H3,(H2,23,25)/t13-/m0/s1. The molecule has 0 unspecified atom stereocenters. The van der Waals surface area contributed by atoms with Crippen LogP contribution in [0.2, 0.25) is 0 Å². The van der Waals surface area contributed by atoms with E-state index in [0.717, 1.165) is 29.3 Å². The smallest absolute Gasteiger partial charge is 0.347 e. The Kier molecular flexibility index (Phi) is 5.03. The number of amides is 1. The van der Waals surface area contributed by atoms with Gasteiger partial charge in [0.2, 0.25) is 11.8 Å². The SMILES string of the molecule is Cc1ccc(C)c2c(=O)oc([C@H](CC(N)=O)Cc3cc(F)cc(F)c3)nc12. The highest BCUT2D eigenvalue weighted by Crippen LogP contribution is 2.26. The molecule has 0 aliphatic heterocycles. The van der Waals surface area contributed by atoms with Crippen LogP contribution in [0.15, 0.2) is 39.5 Å². The highest BCUT2D eigenvalue weighted by atomic mass is 19.1. The lowest BCUT2D eigenvalue weighted by Gasteiger charge is -2.15. The van der Waals surface area contributed by atoms with Crippen LogP contribution in [-0.4, -0.2) is 10.9 Å². The summed E-state index contributed by atoms with van der Waals surface area (Å²) < 4.78 is 32.3. The number of nitrogens with two attached hydrogens (primary N) is 1. The molecule has 0 spiro atoms. The van der Waals surface area contributed by atoms with Gasteiger partial charge in [0.05, 0.1) is 10.9 Å². The van der Waals surface area contributed by atoms with Gasteiger partial charge in [-0.1, -0.05) is 12.1 Å². The first-order valence-corrected chi connectivity index (χ1v) is 8.39. The number of fused-ring (bicyclic) bond motifs is 1. The predicted octanol–water partition coefficient (Wildman–Crippen LogP) is 3.28. The summed E-state index contributed by atoms with van der Waals surface area (Å²) >= 11 is 0. The zero-order chi connectivity index (χ0) is 19.7. The molecule has 0 bridgehead atoms. The van der Waals surface area contributed by atoms with Crippen LogP contribution in [-0.2, 0) is 11.2 Å². The van der Waals surface area contributed by atoms with Gasteiger partial charge in [0.1, 0.15) is 11.6 Å². The topological polar surface area (TPSA) is 86.2 Å². The summed E-state index contributed by atoms with van der Waals surface area (Å²) in [6.07, 6.45) is -0.131. The van der Waals surface area contributed by atoms with Crippen molar-refractivity contribution >= 4 is 16.8 Å². The molecule has 0 radical (unpaired) electrons. The summed E-state index contributed by atoms with van der Waals surface area (Å²) in [5.74, 6) is -2.81. The second kappa shape index (κ2) is 7.26. The van der Waals surface area contributed by atoms with E-state index in [9.17, 15) is 18.4 Å². The Morgan fingerprint density at radius 2 is 1.78 bits per heavy atom. The van der Waals surface area contributed by atoms with Gasteiger partial charge in [-0.15, -0.1) is 0 Å². The second-order valence-electron chi connectivity index (χ2n) is 6.61. The lowest BCUT2D eigenvalue weighted by Crippen LogP contribution is -2.19. The Hall–Kier alpha value is -3.09. The molecule has 140 valence electrons. The molecule has 3 aromatic rings. The van der Waals surface area contributed by atoms with Crippen molar-refractivity contribution in [3.8, 4) is 0 Å². The second-order valence-corrected chi connectivity index (χ2v) is 6.61. The first kappa shape index (κ1) is 18.7. The number of aromatic nitrogens is 1. The van der Waals surface area contributed by atoms with Gasteiger partial charge in [0.15, 0.2) is 0 Å². The molecule has 2 N–H and O–H groups in total. The Balaban J connectivity index is 2.11. The maximum atomic E-state index is 13.5. The molecular weight excluding hydrogens is 354 g/mol. The maximum absolute atomic E-state index is 13.5. The van der Waals surface area contributed by atoms with Crippen LogP contribution in [0.1, 0.15) is 34.9 Å². The molecule has 0 saturated heterocycles. The average Bonchev–Trinajstić information content (AvgIpc) is 2.56. The average molecular weight is 372 g/mol. The molecule has 1 amide bonds. The number of halogens is 2. The van der Waals surface area contributed by atoms with Crippen molar-refractivity contribution < 1.29 is 18.0 Å². The lowest BCUT2D eigenvalue weighted by molar-refractivity contribution is -0.118. The first-order chi connectivity index (χ1) is 12.7. The molecule has 0 saturated carbocycles. The van der Waals surface area contributed by atoms with Gasteiger partial charge in [-0.05, 0) is 49.1 Å². The number of carbonyl (C=O) groups is 1. The summed E-state index contributed by atoms with van der Waals surface area (Å²) in [4.78, 5) is 28.4. The van der Waals surface area contributed by atoms with Crippen molar-refractivity contribution in [1.29, 1.82) is 0 Å². The third-order valence-corrected chi connectivity index (χ3v) is 4.41. The van der Waals surface area contributed by atoms with Gasteiger partial charge in [-0.3, -0.25) is 4.79 Å². The Morgan fingerprint density at radius 1 is 1.15 bits per heavy atom. The van der Waals surface area contributed by atoms with Crippen LogP contribution in [0.25, 0.3) is 10.9 Å². The van der Waals surface area contributed by atoms with Gasteiger partial charge in [0.25, 0.3) is 0 Å². The van der Waals surface area contributed by atoms with E-state index in [2.05, 4.69) is 4.98 Å². The van der Waals surface area contributed by atoms with E-state index in [1.165, 1.54) is 0 Å². The van der Waals surface area contributed by atoms with Crippen molar-refractivity contribution in [3.05, 3.63) is 75.0 Å². The third kappa shape index (κ3) is 4.02. The highest BCUT2D eigenvalue weighted by molar-refractivity contribution is 5.83. The van der Waals surface area contributed by atoms with Crippen molar-refractivity contribution in [2.24, 2.45) is 5.73 Å². The van der Waals surface area contributed by atoms with E-state index < -0.39 is 29.1 Å². The zero-order valence-corrected chi connectivity index (χ0v) is 14.9. The van der Waals surface area contributed by atoms with E-state index in [-0.39, 0.29) is 18.7 Å². The number of primary amides is 1. The minimum atomic E-state index is -0.734. The number of benzene rings is 2. The van der Waals surface area contributed by atoms with Crippen LogP contribution in [0.5, 0.6) is 0 Å². The molecule has 1 atom stereocenters. The fourth-order valence-corrected chi connectivity index (χ4v) is 3.15. The van der Waals surface area contributed by atoms with E-state index in [0.29, 0.717) is 16.5 Å². The number of aryl methyl sites for hydroxylation is 2. The fraction of sp³-hybridized carbons (Fsp3) is 0.250. The number of hydrogen-bond acceptors (Lipinski definition) is 4. The van der Waals surface area contributed by atoms with Crippen molar-refractivity contribution in [2.45, 2.75) is 32.6 Å². The minimum absolute atomic E-state index is 0.0182. The Bertz CT molecular complexity index is 1070. The van der Waals surface area contributed by atoms with Crippen LogP contribution < -0.4 is 11.4 Å². The molecule has 0 aliphatic rings. The largest absolute Gasteiger partial charge is 0.408 e. The van der Waals surface area contributed by atoms with Gasteiger partial charge in [-0.25, -0.2) is 18.6 Å². The van der Waals surface area contributed by atoms with Crippen molar-refractivity contribution in [2.75, 3.05) is 0 Å². The molecule has 3 rings (SSSR count). The van der Waals surface area contributed by atoms with E-state index in [4.69, 9.17) is 10.2 Å². The van der Waals surface area contributed by atoms with Crippen LogP contribution in [0.3, 0.4) is 0 Å². The molecule has 1 aromatic heterocycles.